The Morgan fingerprint density at radius 3 is 2.67 bits per heavy atom. The second-order valence-corrected chi connectivity index (χ2v) is 4.16. The van der Waals surface area contributed by atoms with E-state index in [1.165, 1.54) is 18.3 Å². The fourth-order valence-electron chi connectivity index (χ4n) is 1.31. The van der Waals surface area contributed by atoms with Crippen molar-refractivity contribution >= 4 is 21.8 Å². The van der Waals surface area contributed by atoms with Crippen molar-refractivity contribution in [2.45, 2.75) is 6.18 Å². The van der Waals surface area contributed by atoms with E-state index in [-0.39, 0.29) is 16.7 Å². The van der Waals surface area contributed by atoms with Crippen molar-refractivity contribution in [3.8, 4) is 0 Å². The Labute approximate surface area is 110 Å². The van der Waals surface area contributed by atoms with E-state index in [0.29, 0.717) is 4.90 Å². The van der Waals surface area contributed by atoms with E-state index in [0.717, 1.165) is 0 Å². The number of hydrogen-bond donors (Lipinski definition) is 1. The molecule has 0 aliphatic heterocycles. The Bertz CT molecular complexity index is 426. The van der Waals surface area contributed by atoms with Gasteiger partial charge in [0.1, 0.15) is 11.1 Å². The molecule has 8 heteroatoms. The number of nitrogens with zero attached hydrogens (tertiary/aromatic N) is 2. The topological polar surface area (TPSA) is 53.4 Å². The van der Waals surface area contributed by atoms with Gasteiger partial charge in [0.25, 0.3) is 5.91 Å². The van der Waals surface area contributed by atoms with E-state index in [4.69, 9.17) is 5.11 Å². The molecule has 0 radical (unpaired) electrons. The molecule has 0 aliphatic carbocycles. The Kier molecular flexibility index (Phi) is 5.09. The Hall–Kier alpha value is -1.15. The summed E-state index contributed by atoms with van der Waals surface area (Å²) in [6.07, 6.45) is -3.11. The van der Waals surface area contributed by atoms with Crippen molar-refractivity contribution in [2.75, 3.05) is 19.7 Å². The first-order chi connectivity index (χ1) is 8.35. The number of halogens is 4. The summed E-state index contributed by atoms with van der Waals surface area (Å²) < 4.78 is 37.1. The van der Waals surface area contributed by atoms with Crippen molar-refractivity contribution in [3.05, 3.63) is 28.5 Å². The van der Waals surface area contributed by atoms with Crippen LogP contribution in [-0.4, -0.2) is 46.8 Å². The van der Waals surface area contributed by atoms with Crippen LogP contribution in [0.1, 0.15) is 10.4 Å². The zero-order valence-electron chi connectivity index (χ0n) is 9.12. The predicted molar refractivity (Wildman–Crippen MR) is 61.0 cm³/mol. The van der Waals surface area contributed by atoms with Gasteiger partial charge < -0.3 is 10.0 Å². The number of aromatic nitrogens is 1. The predicted octanol–water partition coefficient (Wildman–Crippen LogP) is 1.84. The molecule has 0 saturated carbocycles. The lowest BCUT2D eigenvalue weighted by Crippen LogP contribution is -2.40. The maximum absolute atomic E-state index is 12.3. The van der Waals surface area contributed by atoms with Crippen LogP contribution in [0.5, 0.6) is 0 Å². The van der Waals surface area contributed by atoms with Gasteiger partial charge in [0, 0.05) is 12.7 Å². The molecule has 0 aliphatic rings. The van der Waals surface area contributed by atoms with Crippen LogP contribution < -0.4 is 0 Å². The van der Waals surface area contributed by atoms with Crippen LogP contribution in [0.25, 0.3) is 0 Å². The van der Waals surface area contributed by atoms with Gasteiger partial charge in [-0.3, -0.25) is 4.79 Å². The fraction of sp³-hybridized carbons (Fsp3) is 0.400. The first kappa shape index (κ1) is 14.9. The summed E-state index contributed by atoms with van der Waals surface area (Å²) in [7, 11) is 0. The van der Waals surface area contributed by atoms with E-state index >= 15 is 0 Å². The number of hydrogen-bond acceptors (Lipinski definition) is 3. The third-order valence-electron chi connectivity index (χ3n) is 2.02. The summed E-state index contributed by atoms with van der Waals surface area (Å²) in [5.41, 5.74) is 0.0233. The van der Waals surface area contributed by atoms with E-state index in [2.05, 4.69) is 20.9 Å². The fourth-order valence-corrected chi connectivity index (χ4v) is 1.73. The summed E-state index contributed by atoms with van der Waals surface area (Å²) in [6, 6.07) is 2.81. The Balaban J connectivity index is 2.93. The molecule has 0 spiro atoms. The summed E-state index contributed by atoms with van der Waals surface area (Å²) in [5.74, 6) is -0.832. The van der Waals surface area contributed by atoms with Gasteiger partial charge in [-0.25, -0.2) is 4.98 Å². The lowest BCUT2D eigenvalue weighted by Gasteiger charge is -2.23. The molecule has 0 bridgehead atoms. The van der Waals surface area contributed by atoms with Gasteiger partial charge >= 0.3 is 6.18 Å². The molecule has 0 saturated heterocycles. The van der Waals surface area contributed by atoms with Crippen LogP contribution in [0.2, 0.25) is 0 Å². The summed E-state index contributed by atoms with van der Waals surface area (Å²) in [6.45, 7) is -2.34. The first-order valence-corrected chi connectivity index (χ1v) is 5.72. The molecule has 1 N–H and O–H groups in total. The number of aliphatic hydroxyl groups excluding tert-OH is 1. The molecule has 0 fully saturated rings. The number of carbonyl (C=O) groups excluding carboxylic acids is 1. The molecule has 0 atom stereocenters. The number of alkyl halides is 3. The molecular formula is C10H10BrF3N2O2. The smallest absolute Gasteiger partial charge is 0.395 e. The van der Waals surface area contributed by atoms with Crippen molar-refractivity contribution in [1.29, 1.82) is 0 Å². The second-order valence-electron chi connectivity index (χ2n) is 3.41. The molecule has 18 heavy (non-hydrogen) atoms. The van der Waals surface area contributed by atoms with Crippen LogP contribution in [0, 0.1) is 0 Å². The molecule has 100 valence electrons. The van der Waals surface area contributed by atoms with Crippen LogP contribution in [-0.2, 0) is 0 Å². The third kappa shape index (κ3) is 4.26. The van der Waals surface area contributed by atoms with E-state index in [9.17, 15) is 18.0 Å². The van der Waals surface area contributed by atoms with Gasteiger partial charge in [-0.1, -0.05) is 0 Å². The average Bonchev–Trinajstić information content (AvgIpc) is 2.26. The number of aliphatic hydroxyl groups is 1. The quantitative estimate of drug-likeness (QED) is 0.859. The molecule has 1 rings (SSSR count). The molecule has 1 aromatic heterocycles. The van der Waals surface area contributed by atoms with Crippen molar-refractivity contribution in [3.63, 3.8) is 0 Å². The van der Waals surface area contributed by atoms with Gasteiger partial charge in [-0.2, -0.15) is 13.2 Å². The minimum absolute atomic E-state index is 0.0233. The Morgan fingerprint density at radius 1 is 1.50 bits per heavy atom. The molecular weight excluding hydrogens is 317 g/mol. The Morgan fingerprint density at radius 2 is 2.17 bits per heavy atom. The highest BCUT2D eigenvalue weighted by molar-refractivity contribution is 9.10. The highest BCUT2D eigenvalue weighted by atomic mass is 79.9. The molecule has 1 amide bonds. The highest BCUT2D eigenvalue weighted by Gasteiger charge is 2.33. The van der Waals surface area contributed by atoms with Gasteiger partial charge in [0.05, 0.1) is 12.2 Å². The van der Waals surface area contributed by atoms with Crippen molar-refractivity contribution < 1.29 is 23.1 Å². The molecule has 1 heterocycles. The molecule has 4 nitrogen and oxygen atoms in total. The summed E-state index contributed by atoms with van der Waals surface area (Å²) >= 11 is 2.99. The number of amides is 1. The minimum Gasteiger partial charge on any atom is -0.395 e. The third-order valence-corrected chi connectivity index (χ3v) is 2.65. The van der Waals surface area contributed by atoms with Crippen LogP contribution in [0.3, 0.4) is 0 Å². The number of rotatable bonds is 4. The van der Waals surface area contributed by atoms with Gasteiger partial charge in [0.2, 0.25) is 0 Å². The maximum Gasteiger partial charge on any atom is 0.406 e. The highest BCUT2D eigenvalue weighted by Crippen LogP contribution is 2.20. The first-order valence-electron chi connectivity index (χ1n) is 4.92. The average molecular weight is 327 g/mol. The number of carbonyl (C=O) groups is 1. The number of pyridine rings is 1. The van der Waals surface area contributed by atoms with Crippen molar-refractivity contribution in [1.82, 2.24) is 9.88 Å². The van der Waals surface area contributed by atoms with Gasteiger partial charge in [-0.05, 0) is 28.1 Å². The summed E-state index contributed by atoms with van der Waals surface area (Å²) in [5, 5.41) is 8.71. The standard InChI is InChI=1S/C10H10BrF3N2O2/c11-8-7(2-1-3-15-8)9(18)16(4-5-17)6-10(12,13)14/h1-3,17H,4-6H2. The second kappa shape index (κ2) is 6.14. The molecule has 1 aromatic rings. The zero-order chi connectivity index (χ0) is 13.8. The van der Waals surface area contributed by atoms with Crippen molar-refractivity contribution in [2.24, 2.45) is 0 Å². The monoisotopic (exact) mass is 326 g/mol. The summed E-state index contributed by atoms with van der Waals surface area (Å²) in [4.78, 5) is 16.2. The van der Waals surface area contributed by atoms with Crippen LogP contribution >= 0.6 is 15.9 Å². The largest absolute Gasteiger partial charge is 0.406 e. The van der Waals surface area contributed by atoms with Crippen LogP contribution in [0.15, 0.2) is 22.9 Å². The molecule has 0 unspecified atom stereocenters. The van der Waals surface area contributed by atoms with Gasteiger partial charge in [-0.15, -0.1) is 0 Å². The van der Waals surface area contributed by atoms with Gasteiger partial charge in [0.15, 0.2) is 0 Å². The van der Waals surface area contributed by atoms with E-state index in [1.807, 2.05) is 0 Å². The van der Waals surface area contributed by atoms with E-state index in [1.54, 1.807) is 0 Å². The zero-order valence-corrected chi connectivity index (χ0v) is 10.7. The van der Waals surface area contributed by atoms with E-state index < -0.39 is 25.2 Å². The van der Waals surface area contributed by atoms with Crippen LogP contribution in [0.4, 0.5) is 13.2 Å². The minimum atomic E-state index is -4.51. The lowest BCUT2D eigenvalue weighted by atomic mass is 10.2. The normalized spacial score (nSPS) is 11.4. The molecule has 0 aromatic carbocycles. The lowest BCUT2D eigenvalue weighted by molar-refractivity contribution is -0.141. The SMILES string of the molecule is O=C(c1cccnc1Br)N(CCO)CC(F)(F)F. The maximum atomic E-state index is 12.3.